The molecular formula is C15H17NO3. The molecule has 0 aromatic heterocycles. The van der Waals surface area contributed by atoms with Gasteiger partial charge in [0.15, 0.2) is 5.78 Å². The first-order valence-electron chi connectivity index (χ1n) is 6.41. The van der Waals surface area contributed by atoms with Gasteiger partial charge in [0, 0.05) is 25.3 Å². The minimum atomic E-state index is -0.369. The molecule has 0 radical (unpaired) electrons. The average molecular weight is 259 g/mol. The molecule has 1 aliphatic carbocycles. The van der Waals surface area contributed by atoms with Crippen LogP contribution in [-0.2, 0) is 16.0 Å². The van der Waals surface area contributed by atoms with Crippen molar-refractivity contribution in [1.82, 2.24) is 0 Å². The lowest BCUT2D eigenvalue weighted by Gasteiger charge is -2.26. The summed E-state index contributed by atoms with van der Waals surface area (Å²) in [5, 5.41) is 0. The number of imide groups is 1. The zero-order valence-electron chi connectivity index (χ0n) is 11.4. The van der Waals surface area contributed by atoms with Gasteiger partial charge in [0.1, 0.15) is 0 Å². The summed E-state index contributed by atoms with van der Waals surface area (Å²) >= 11 is 0. The summed E-state index contributed by atoms with van der Waals surface area (Å²) in [6.07, 6.45) is 1.62. The molecule has 1 atom stereocenters. The Labute approximate surface area is 112 Å². The third-order valence-electron chi connectivity index (χ3n) is 3.54. The molecule has 0 spiro atoms. The number of benzene rings is 1. The van der Waals surface area contributed by atoms with Crippen LogP contribution in [0.5, 0.6) is 0 Å². The predicted octanol–water partition coefficient (Wildman–Crippen LogP) is 2.35. The van der Waals surface area contributed by atoms with Crippen LogP contribution in [0, 0.1) is 5.92 Å². The summed E-state index contributed by atoms with van der Waals surface area (Å²) in [6.45, 7) is 4.54. The Morgan fingerprint density at radius 2 is 1.84 bits per heavy atom. The lowest BCUT2D eigenvalue weighted by molar-refractivity contribution is -0.124. The Morgan fingerprint density at radius 3 is 2.42 bits per heavy atom. The van der Waals surface area contributed by atoms with Crippen LogP contribution in [0.1, 0.15) is 43.1 Å². The van der Waals surface area contributed by atoms with Crippen molar-refractivity contribution in [2.24, 2.45) is 5.92 Å². The zero-order chi connectivity index (χ0) is 14.2. The Bertz CT molecular complexity index is 549. The normalized spacial score (nSPS) is 17.8. The summed E-state index contributed by atoms with van der Waals surface area (Å²) in [5.74, 6) is -0.780. The smallest absolute Gasteiger partial charge is 0.230 e. The molecule has 0 saturated heterocycles. The van der Waals surface area contributed by atoms with Crippen LogP contribution in [0.3, 0.4) is 0 Å². The van der Waals surface area contributed by atoms with E-state index in [1.54, 1.807) is 12.1 Å². The number of rotatable bonds is 1. The van der Waals surface area contributed by atoms with Gasteiger partial charge in [0.05, 0.1) is 5.69 Å². The van der Waals surface area contributed by atoms with Crippen molar-refractivity contribution in [1.29, 1.82) is 0 Å². The van der Waals surface area contributed by atoms with E-state index in [4.69, 9.17) is 0 Å². The van der Waals surface area contributed by atoms with Gasteiger partial charge in [-0.15, -0.1) is 0 Å². The number of nitrogens with zero attached hydrogens (tertiary/aromatic N) is 1. The van der Waals surface area contributed by atoms with Gasteiger partial charge in [0.2, 0.25) is 11.8 Å². The molecule has 1 aromatic carbocycles. The fourth-order valence-corrected chi connectivity index (χ4v) is 2.58. The van der Waals surface area contributed by atoms with Gasteiger partial charge in [-0.05, 0) is 24.5 Å². The van der Waals surface area contributed by atoms with E-state index < -0.39 is 0 Å². The molecule has 1 aliphatic rings. The van der Waals surface area contributed by atoms with Crippen LogP contribution < -0.4 is 4.90 Å². The summed E-state index contributed by atoms with van der Waals surface area (Å²) < 4.78 is 0. The third kappa shape index (κ3) is 2.30. The lowest BCUT2D eigenvalue weighted by atomic mass is 9.82. The highest BCUT2D eigenvalue weighted by molar-refractivity contribution is 6.17. The molecule has 19 heavy (non-hydrogen) atoms. The molecule has 0 bridgehead atoms. The number of Topliss-reactive ketones (excluding diaryl/α,β-unsaturated/α-hetero) is 1. The number of carbonyl (C=O) groups is 3. The second kappa shape index (κ2) is 4.96. The molecule has 0 fully saturated rings. The molecule has 2 amide bonds. The van der Waals surface area contributed by atoms with Gasteiger partial charge in [-0.2, -0.15) is 0 Å². The van der Waals surface area contributed by atoms with Gasteiger partial charge >= 0.3 is 0 Å². The highest BCUT2D eigenvalue weighted by atomic mass is 16.2. The molecular weight excluding hydrogens is 242 g/mol. The Kier molecular flexibility index (Phi) is 3.51. The number of anilines is 1. The van der Waals surface area contributed by atoms with Crippen molar-refractivity contribution in [3.8, 4) is 0 Å². The summed E-state index contributed by atoms with van der Waals surface area (Å²) in [4.78, 5) is 36.7. The van der Waals surface area contributed by atoms with Gasteiger partial charge in [-0.1, -0.05) is 19.1 Å². The SMILES string of the molecule is CC(=O)N(C(C)=O)c1cccc2c1C(=O)C(C)CC2. The van der Waals surface area contributed by atoms with Crippen molar-refractivity contribution in [3.63, 3.8) is 0 Å². The van der Waals surface area contributed by atoms with Crippen LogP contribution in [0.2, 0.25) is 0 Å². The van der Waals surface area contributed by atoms with Gasteiger partial charge in [-0.25, -0.2) is 0 Å². The summed E-state index contributed by atoms with van der Waals surface area (Å²) in [7, 11) is 0. The van der Waals surface area contributed by atoms with Crippen molar-refractivity contribution < 1.29 is 14.4 Å². The van der Waals surface area contributed by atoms with Gasteiger partial charge < -0.3 is 0 Å². The minimum Gasteiger partial charge on any atom is -0.294 e. The fourth-order valence-electron chi connectivity index (χ4n) is 2.58. The van der Waals surface area contributed by atoms with Crippen molar-refractivity contribution in [3.05, 3.63) is 29.3 Å². The van der Waals surface area contributed by atoms with E-state index >= 15 is 0 Å². The molecule has 100 valence electrons. The van der Waals surface area contributed by atoms with Crippen LogP contribution in [0.25, 0.3) is 0 Å². The monoisotopic (exact) mass is 259 g/mol. The topological polar surface area (TPSA) is 54.5 Å². The Hall–Kier alpha value is -1.97. The first-order chi connectivity index (χ1) is 8.93. The number of hydrogen-bond acceptors (Lipinski definition) is 3. The van der Waals surface area contributed by atoms with E-state index in [0.717, 1.165) is 23.3 Å². The first kappa shape index (κ1) is 13.5. The number of carbonyl (C=O) groups excluding carboxylic acids is 3. The summed E-state index contributed by atoms with van der Waals surface area (Å²) in [6, 6.07) is 5.34. The zero-order valence-corrected chi connectivity index (χ0v) is 11.4. The van der Waals surface area contributed by atoms with Crippen LogP contribution in [0.15, 0.2) is 18.2 Å². The van der Waals surface area contributed by atoms with E-state index in [1.165, 1.54) is 13.8 Å². The van der Waals surface area contributed by atoms with E-state index in [9.17, 15) is 14.4 Å². The molecule has 2 rings (SSSR count). The van der Waals surface area contributed by atoms with Crippen LogP contribution in [-0.4, -0.2) is 17.6 Å². The van der Waals surface area contributed by atoms with Gasteiger partial charge in [-0.3, -0.25) is 19.3 Å². The van der Waals surface area contributed by atoms with Crippen LogP contribution in [0.4, 0.5) is 5.69 Å². The van der Waals surface area contributed by atoms with Crippen molar-refractivity contribution in [2.75, 3.05) is 4.90 Å². The number of ketones is 1. The Balaban J connectivity index is 2.62. The van der Waals surface area contributed by atoms with E-state index in [-0.39, 0.29) is 23.5 Å². The predicted molar refractivity (Wildman–Crippen MR) is 72.1 cm³/mol. The third-order valence-corrected chi connectivity index (χ3v) is 3.54. The maximum absolute atomic E-state index is 12.3. The first-order valence-corrected chi connectivity index (χ1v) is 6.41. The summed E-state index contributed by atoms with van der Waals surface area (Å²) in [5.41, 5.74) is 1.88. The fraction of sp³-hybridized carbons (Fsp3) is 0.400. The molecule has 4 heteroatoms. The highest BCUT2D eigenvalue weighted by Gasteiger charge is 2.30. The second-order valence-corrected chi connectivity index (χ2v) is 4.99. The molecule has 0 saturated carbocycles. The largest absolute Gasteiger partial charge is 0.294 e. The molecule has 4 nitrogen and oxygen atoms in total. The quantitative estimate of drug-likeness (QED) is 0.778. The number of hydrogen-bond donors (Lipinski definition) is 0. The van der Waals surface area contributed by atoms with E-state index in [2.05, 4.69) is 0 Å². The molecule has 0 N–H and O–H groups in total. The van der Waals surface area contributed by atoms with E-state index in [0.29, 0.717) is 11.3 Å². The number of fused-ring (bicyclic) bond motifs is 1. The standard InChI is InChI=1S/C15H17NO3/c1-9-7-8-12-5-4-6-13(14(12)15(9)19)16(10(2)17)11(3)18/h4-6,9H,7-8H2,1-3H3. The van der Waals surface area contributed by atoms with Crippen LogP contribution >= 0.6 is 0 Å². The average Bonchev–Trinajstić information content (AvgIpc) is 2.33. The minimum absolute atomic E-state index is 0.0179. The molecule has 1 unspecified atom stereocenters. The molecule has 1 aromatic rings. The number of amides is 2. The number of aryl methyl sites for hydroxylation is 1. The maximum atomic E-state index is 12.3. The van der Waals surface area contributed by atoms with Crippen molar-refractivity contribution >= 4 is 23.3 Å². The maximum Gasteiger partial charge on any atom is 0.230 e. The molecule has 0 heterocycles. The van der Waals surface area contributed by atoms with Gasteiger partial charge in [0.25, 0.3) is 0 Å². The van der Waals surface area contributed by atoms with Crippen molar-refractivity contribution in [2.45, 2.75) is 33.6 Å². The Morgan fingerprint density at radius 1 is 1.21 bits per heavy atom. The second-order valence-electron chi connectivity index (χ2n) is 4.99. The highest BCUT2D eigenvalue weighted by Crippen LogP contribution is 2.33. The molecule has 0 aliphatic heterocycles. The van der Waals surface area contributed by atoms with E-state index in [1.807, 2.05) is 13.0 Å². The lowest BCUT2D eigenvalue weighted by Crippen LogP contribution is -2.35.